The fourth-order valence-corrected chi connectivity index (χ4v) is 1.86. The SMILES string of the molecule is CCOc1cccc(OCC)c1C(=O)CC(=O)OC(C)C. The van der Waals surface area contributed by atoms with Gasteiger partial charge in [-0.1, -0.05) is 6.07 Å². The van der Waals surface area contributed by atoms with E-state index in [-0.39, 0.29) is 18.3 Å². The molecule has 0 aliphatic rings. The summed E-state index contributed by atoms with van der Waals surface area (Å²) in [5.74, 6) is -0.0755. The lowest BCUT2D eigenvalue weighted by atomic mass is 10.1. The topological polar surface area (TPSA) is 61.8 Å². The summed E-state index contributed by atoms with van der Waals surface area (Å²) >= 11 is 0. The Kier molecular flexibility index (Phi) is 6.72. The molecule has 0 heterocycles. The van der Waals surface area contributed by atoms with Crippen LogP contribution in [-0.2, 0) is 9.53 Å². The Morgan fingerprint density at radius 3 is 2.00 bits per heavy atom. The minimum absolute atomic E-state index is 0.251. The lowest BCUT2D eigenvalue weighted by Crippen LogP contribution is -2.17. The van der Waals surface area contributed by atoms with Gasteiger partial charge in [0.25, 0.3) is 0 Å². The van der Waals surface area contributed by atoms with E-state index in [9.17, 15) is 9.59 Å². The van der Waals surface area contributed by atoms with Crippen LogP contribution < -0.4 is 9.47 Å². The Morgan fingerprint density at radius 2 is 1.57 bits per heavy atom. The van der Waals surface area contributed by atoms with Crippen molar-refractivity contribution in [2.45, 2.75) is 40.2 Å². The Balaban J connectivity index is 3.01. The molecule has 0 saturated carbocycles. The van der Waals surface area contributed by atoms with Crippen molar-refractivity contribution in [3.05, 3.63) is 23.8 Å². The number of rotatable bonds is 8. The van der Waals surface area contributed by atoms with Crippen LogP contribution in [0.25, 0.3) is 0 Å². The fraction of sp³-hybridized carbons (Fsp3) is 0.500. The van der Waals surface area contributed by atoms with Crippen molar-refractivity contribution in [1.29, 1.82) is 0 Å². The summed E-state index contributed by atoms with van der Waals surface area (Å²) in [7, 11) is 0. The second-order valence-electron chi connectivity index (χ2n) is 4.63. The molecule has 116 valence electrons. The molecule has 0 bridgehead atoms. The molecule has 1 aromatic rings. The van der Waals surface area contributed by atoms with Crippen molar-refractivity contribution in [2.75, 3.05) is 13.2 Å². The molecule has 0 aromatic heterocycles. The number of carbonyl (C=O) groups is 2. The quantitative estimate of drug-likeness (QED) is 0.419. The van der Waals surface area contributed by atoms with Crippen molar-refractivity contribution < 1.29 is 23.8 Å². The maximum atomic E-state index is 12.4. The van der Waals surface area contributed by atoms with Crippen LogP contribution in [0.15, 0.2) is 18.2 Å². The second kappa shape index (κ2) is 8.29. The first kappa shape index (κ1) is 17.0. The van der Waals surface area contributed by atoms with E-state index in [1.54, 1.807) is 32.0 Å². The first-order chi connectivity index (χ1) is 9.99. The number of hydrogen-bond acceptors (Lipinski definition) is 5. The molecule has 0 aliphatic carbocycles. The molecular weight excluding hydrogens is 272 g/mol. The smallest absolute Gasteiger partial charge is 0.313 e. The molecule has 0 amide bonds. The number of ketones is 1. The fourth-order valence-electron chi connectivity index (χ4n) is 1.86. The Hall–Kier alpha value is -2.04. The van der Waals surface area contributed by atoms with Crippen LogP contribution in [-0.4, -0.2) is 31.1 Å². The number of benzene rings is 1. The molecule has 21 heavy (non-hydrogen) atoms. The summed E-state index contributed by atoms with van der Waals surface area (Å²) in [5.41, 5.74) is 0.293. The van der Waals surface area contributed by atoms with Gasteiger partial charge in [0, 0.05) is 0 Å². The van der Waals surface area contributed by atoms with Crippen molar-refractivity contribution in [3.8, 4) is 11.5 Å². The van der Waals surface area contributed by atoms with Crippen LogP contribution >= 0.6 is 0 Å². The molecule has 0 spiro atoms. The molecule has 0 unspecified atom stereocenters. The predicted octanol–water partition coefficient (Wildman–Crippen LogP) is 3.01. The molecule has 0 aliphatic heterocycles. The molecule has 0 atom stereocenters. The number of ether oxygens (including phenoxy) is 3. The molecule has 1 rings (SSSR count). The molecule has 5 heteroatoms. The number of esters is 1. The van der Waals surface area contributed by atoms with Crippen LogP contribution in [0, 0.1) is 0 Å². The molecule has 0 radical (unpaired) electrons. The van der Waals surface area contributed by atoms with Gasteiger partial charge in [-0.15, -0.1) is 0 Å². The van der Waals surface area contributed by atoms with E-state index < -0.39 is 5.97 Å². The average molecular weight is 294 g/mol. The van der Waals surface area contributed by atoms with Gasteiger partial charge in [-0.2, -0.15) is 0 Å². The average Bonchev–Trinajstić information content (AvgIpc) is 2.38. The summed E-state index contributed by atoms with van der Waals surface area (Å²) < 4.78 is 15.9. The summed E-state index contributed by atoms with van der Waals surface area (Å²) in [6.45, 7) is 7.98. The Morgan fingerprint density at radius 1 is 1.05 bits per heavy atom. The van der Waals surface area contributed by atoms with E-state index in [2.05, 4.69) is 0 Å². The van der Waals surface area contributed by atoms with Gasteiger partial charge in [0.1, 0.15) is 23.5 Å². The van der Waals surface area contributed by atoms with Crippen molar-refractivity contribution >= 4 is 11.8 Å². The third-order valence-electron chi connectivity index (χ3n) is 2.54. The van der Waals surface area contributed by atoms with E-state index in [4.69, 9.17) is 14.2 Å². The number of Topliss-reactive ketones (excluding diaryl/α,β-unsaturated/α-hetero) is 1. The van der Waals surface area contributed by atoms with Crippen molar-refractivity contribution in [1.82, 2.24) is 0 Å². The lowest BCUT2D eigenvalue weighted by Gasteiger charge is -2.14. The van der Waals surface area contributed by atoms with Gasteiger partial charge >= 0.3 is 5.97 Å². The van der Waals surface area contributed by atoms with Crippen LogP contribution in [0.2, 0.25) is 0 Å². The zero-order valence-corrected chi connectivity index (χ0v) is 13.0. The molecule has 0 N–H and O–H groups in total. The summed E-state index contributed by atoms with van der Waals surface area (Å²) in [5, 5.41) is 0. The predicted molar refractivity (Wildman–Crippen MR) is 79.0 cm³/mol. The number of hydrogen-bond donors (Lipinski definition) is 0. The number of carbonyl (C=O) groups excluding carboxylic acids is 2. The molecule has 5 nitrogen and oxygen atoms in total. The molecule has 1 aromatic carbocycles. The standard InChI is InChI=1S/C16H22O5/c1-5-19-13-8-7-9-14(20-6-2)16(13)12(17)10-15(18)21-11(3)4/h7-9,11H,5-6,10H2,1-4H3. The third kappa shape index (κ3) is 5.10. The van der Waals surface area contributed by atoms with Crippen molar-refractivity contribution in [2.24, 2.45) is 0 Å². The zero-order chi connectivity index (χ0) is 15.8. The monoisotopic (exact) mass is 294 g/mol. The highest BCUT2D eigenvalue weighted by Crippen LogP contribution is 2.30. The van der Waals surface area contributed by atoms with E-state index >= 15 is 0 Å². The minimum atomic E-state index is -0.552. The van der Waals surface area contributed by atoms with Gasteiger partial charge in [0.2, 0.25) is 0 Å². The second-order valence-corrected chi connectivity index (χ2v) is 4.63. The largest absolute Gasteiger partial charge is 0.493 e. The van der Waals surface area contributed by atoms with Gasteiger partial charge in [-0.3, -0.25) is 9.59 Å². The van der Waals surface area contributed by atoms with Crippen LogP contribution in [0.5, 0.6) is 11.5 Å². The molecule has 0 saturated heterocycles. The normalized spacial score (nSPS) is 10.3. The lowest BCUT2D eigenvalue weighted by molar-refractivity contribution is -0.146. The Bertz CT molecular complexity index is 469. The van der Waals surface area contributed by atoms with Crippen LogP contribution in [0.1, 0.15) is 44.5 Å². The van der Waals surface area contributed by atoms with E-state index in [1.165, 1.54) is 0 Å². The van der Waals surface area contributed by atoms with Crippen molar-refractivity contribution in [3.63, 3.8) is 0 Å². The Labute approximate surface area is 125 Å². The zero-order valence-electron chi connectivity index (χ0n) is 13.0. The maximum absolute atomic E-state index is 12.4. The van der Waals surface area contributed by atoms with E-state index in [0.29, 0.717) is 30.3 Å². The first-order valence-corrected chi connectivity index (χ1v) is 7.10. The van der Waals surface area contributed by atoms with Gasteiger partial charge in [0.05, 0.1) is 19.3 Å². The van der Waals surface area contributed by atoms with E-state index in [0.717, 1.165) is 0 Å². The van der Waals surface area contributed by atoms with Gasteiger partial charge in [0.15, 0.2) is 5.78 Å². The summed E-state index contributed by atoms with van der Waals surface area (Å²) in [6, 6.07) is 5.12. The highest BCUT2D eigenvalue weighted by molar-refractivity contribution is 6.09. The first-order valence-electron chi connectivity index (χ1n) is 7.10. The third-order valence-corrected chi connectivity index (χ3v) is 2.54. The van der Waals surface area contributed by atoms with Crippen LogP contribution in [0.3, 0.4) is 0 Å². The van der Waals surface area contributed by atoms with Gasteiger partial charge in [-0.25, -0.2) is 0 Å². The minimum Gasteiger partial charge on any atom is -0.493 e. The van der Waals surface area contributed by atoms with Crippen LogP contribution in [0.4, 0.5) is 0 Å². The summed E-state index contributed by atoms with van der Waals surface area (Å²) in [4.78, 5) is 24.0. The maximum Gasteiger partial charge on any atom is 0.313 e. The highest BCUT2D eigenvalue weighted by Gasteiger charge is 2.22. The highest BCUT2D eigenvalue weighted by atomic mass is 16.5. The summed E-state index contributed by atoms with van der Waals surface area (Å²) in [6.07, 6.45) is -0.582. The molecule has 0 fully saturated rings. The van der Waals surface area contributed by atoms with E-state index in [1.807, 2.05) is 13.8 Å². The van der Waals surface area contributed by atoms with Gasteiger partial charge in [-0.05, 0) is 39.8 Å². The molecular formula is C16H22O5. The van der Waals surface area contributed by atoms with Gasteiger partial charge < -0.3 is 14.2 Å².